The SMILES string of the molecule is CC1(C(=O)N2CC3(C2)CS(=O)(=O)[C@@H](Cn2ccnc2)CO3)CC1. The van der Waals surface area contributed by atoms with Gasteiger partial charge in [0.05, 0.1) is 31.8 Å². The Morgan fingerprint density at radius 2 is 2.13 bits per heavy atom. The highest BCUT2D eigenvalue weighted by Crippen LogP contribution is 2.48. The highest BCUT2D eigenvalue weighted by molar-refractivity contribution is 7.92. The van der Waals surface area contributed by atoms with Gasteiger partial charge in [0.15, 0.2) is 9.84 Å². The normalized spacial score (nSPS) is 30.0. The first-order valence-corrected chi connectivity index (χ1v) is 9.64. The molecule has 0 bridgehead atoms. The van der Waals surface area contributed by atoms with E-state index in [9.17, 15) is 13.2 Å². The molecule has 0 unspecified atom stereocenters. The van der Waals surface area contributed by atoms with Crippen molar-refractivity contribution < 1.29 is 17.9 Å². The lowest BCUT2D eigenvalue weighted by Crippen LogP contribution is -2.71. The van der Waals surface area contributed by atoms with Gasteiger partial charge in [-0.3, -0.25) is 4.79 Å². The van der Waals surface area contributed by atoms with E-state index in [1.807, 2.05) is 6.92 Å². The molecule has 8 heteroatoms. The molecule has 7 nitrogen and oxygen atoms in total. The molecule has 0 aromatic carbocycles. The van der Waals surface area contributed by atoms with Crippen LogP contribution >= 0.6 is 0 Å². The van der Waals surface area contributed by atoms with Gasteiger partial charge in [0, 0.05) is 24.4 Å². The van der Waals surface area contributed by atoms with Gasteiger partial charge in [0.2, 0.25) is 5.91 Å². The van der Waals surface area contributed by atoms with Gasteiger partial charge in [-0.25, -0.2) is 13.4 Å². The number of sulfone groups is 1. The number of rotatable bonds is 3. The number of imidazole rings is 1. The second kappa shape index (κ2) is 4.80. The number of hydrogen-bond donors (Lipinski definition) is 0. The quantitative estimate of drug-likeness (QED) is 0.779. The van der Waals surface area contributed by atoms with Crippen LogP contribution < -0.4 is 0 Å². The summed E-state index contributed by atoms with van der Waals surface area (Å²) < 4.78 is 32.8. The predicted molar refractivity (Wildman–Crippen MR) is 82.4 cm³/mol. The van der Waals surface area contributed by atoms with Crippen LogP contribution in [0.25, 0.3) is 0 Å². The summed E-state index contributed by atoms with van der Waals surface area (Å²) in [6.45, 7) is 3.32. The Balaban J connectivity index is 1.40. The van der Waals surface area contributed by atoms with Gasteiger partial charge in [-0.15, -0.1) is 0 Å². The van der Waals surface area contributed by atoms with Crippen molar-refractivity contribution in [3.05, 3.63) is 18.7 Å². The van der Waals surface area contributed by atoms with Gasteiger partial charge in [-0.1, -0.05) is 6.92 Å². The Kier molecular flexibility index (Phi) is 3.16. The highest BCUT2D eigenvalue weighted by Gasteiger charge is 2.57. The summed E-state index contributed by atoms with van der Waals surface area (Å²) in [5.41, 5.74) is -0.899. The summed E-state index contributed by atoms with van der Waals surface area (Å²) in [6.07, 6.45) is 6.86. The van der Waals surface area contributed by atoms with Gasteiger partial charge in [0.25, 0.3) is 0 Å². The molecule has 1 spiro atoms. The molecule has 2 saturated heterocycles. The van der Waals surface area contributed by atoms with E-state index in [4.69, 9.17) is 4.74 Å². The van der Waals surface area contributed by atoms with Crippen molar-refractivity contribution in [3.8, 4) is 0 Å². The van der Waals surface area contributed by atoms with Gasteiger partial charge in [-0.05, 0) is 12.8 Å². The van der Waals surface area contributed by atoms with Gasteiger partial charge in [-0.2, -0.15) is 0 Å². The monoisotopic (exact) mass is 339 g/mol. The van der Waals surface area contributed by atoms with E-state index in [1.54, 1.807) is 28.2 Å². The lowest BCUT2D eigenvalue weighted by Gasteiger charge is -2.52. The van der Waals surface area contributed by atoms with E-state index in [2.05, 4.69) is 4.98 Å². The molecule has 3 heterocycles. The zero-order valence-electron chi connectivity index (χ0n) is 13.1. The lowest BCUT2D eigenvalue weighted by molar-refractivity contribution is -0.169. The van der Waals surface area contributed by atoms with Crippen LogP contribution in [0.3, 0.4) is 0 Å². The fourth-order valence-corrected chi connectivity index (χ4v) is 5.36. The van der Waals surface area contributed by atoms with Crippen LogP contribution in [0.15, 0.2) is 18.7 Å². The topological polar surface area (TPSA) is 81.5 Å². The molecule has 126 valence electrons. The second-order valence-corrected chi connectivity index (χ2v) is 9.69. The van der Waals surface area contributed by atoms with Crippen LogP contribution in [-0.4, -0.2) is 65.1 Å². The summed E-state index contributed by atoms with van der Waals surface area (Å²) in [5, 5.41) is -0.548. The van der Waals surface area contributed by atoms with E-state index in [0.29, 0.717) is 19.6 Å². The molecule has 1 aliphatic carbocycles. The summed E-state index contributed by atoms with van der Waals surface area (Å²) >= 11 is 0. The Labute approximate surface area is 135 Å². The van der Waals surface area contributed by atoms with Crippen molar-refractivity contribution in [2.45, 2.75) is 37.2 Å². The minimum absolute atomic E-state index is 0.000141. The maximum absolute atomic E-state index is 12.6. The molecule has 4 rings (SSSR count). The van der Waals surface area contributed by atoms with Crippen molar-refractivity contribution in [2.75, 3.05) is 25.4 Å². The smallest absolute Gasteiger partial charge is 0.228 e. The summed E-state index contributed by atoms with van der Waals surface area (Å²) in [5.74, 6) is 0.143. The van der Waals surface area contributed by atoms with Crippen LogP contribution in [0.5, 0.6) is 0 Å². The molecule has 1 aromatic heterocycles. The first-order chi connectivity index (χ1) is 10.8. The van der Waals surface area contributed by atoms with E-state index in [-0.39, 0.29) is 23.7 Å². The molecule has 1 saturated carbocycles. The predicted octanol–water partition coefficient (Wildman–Crippen LogP) is 0.0778. The molecule has 1 atom stereocenters. The number of carbonyl (C=O) groups is 1. The maximum Gasteiger partial charge on any atom is 0.228 e. The average Bonchev–Trinajstić information content (AvgIpc) is 2.99. The van der Waals surface area contributed by atoms with Crippen LogP contribution in [0.2, 0.25) is 0 Å². The number of hydrogen-bond acceptors (Lipinski definition) is 5. The third kappa shape index (κ3) is 2.57. The zero-order chi connectivity index (χ0) is 16.3. The van der Waals surface area contributed by atoms with E-state index in [1.165, 1.54) is 0 Å². The van der Waals surface area contributed by atoms with Crippen molar-refractivity contribution in [1.82, 2.24) is 14.5 Å². The lowest BCUT2D eigenvalue weighted by atomic mass is 9.93. The molecule has 3 fully saturated rings. The molecule has 0 radical (unpaired) electrons. The number of likely N-dealkylation sites (tertiary alicyclic amines) is 1. The minimum Gasteiger partial charge on any atom is -0.369 e. The first kappa shape index (κ1) is 15.1. The summed E-state index contributed by atoms with van der Waals surface area (Å²) in [4.78, 5) is 18.0. The molecular formula is C15H21N3O4S. The summed E-state index contributed by atoms with van der Waals surface area (Å²) in [6, 6.07) is 0. The van der Waals surface area contributed by atoms with Gasteiger partial charge >= 0.3 is 0 Å². The molecular weight excluding hydrogens is 318 g/mol. The largest absolute Gasteiger partial charge is 0.369 e. The Hall–Kier alpha value is -1.41. The highest BCUT2D eigenvalue weighted by atomic mass is 32.2. The third-order valence-corrected chi connectivity index (χ3v) is 7.51. The minimum atomic E-state index is -3.25. The fourth-order valence-electron chi connectivity index (χ4n) is 3.45. The van der Waals surface area contributed by atoms with Crippen molar-refractivity contribution in [3.63, 3.8) is 0 Å². The summed E-state index contributed by atoms with van der Waals surface area (Å²) in [7, 11) is -3.25. The van der Waals surface area contributed by atoms with Crippen molar-refractivity contribution >= 4 is 15.7 Å². The Bertz CT molecular complexity index is 718. The molecule has 3 aliphatic rings. The number of aromatic nitrogens is 2. The second-order valence-electron chi connectivity index (χ2n) is 7.40. The molecule has 1 aromatic rings. The fraction of sp³-hybridized carbons (Fsp3) is 0.733. The van der Waals surface area contributed by atoms with Gasteiger partial charge < -0.3 is 14.2 Å². The maximum atomic E-state index is 12.6. The number of carbonyl (C=O) groups excluding carboxylic acids is 1. The third-order valence-electron chi connectivity index (χ3n) is 5.28. The number of amides is 1. The zero-order valence-corrected chi connectivity index (χ0v) is 14.0. The van der Waals surface area contributed by atoms with Crippen LogP contribution in [-0.2, 0) is 25.9 Å². The van der Waals surface area contributed by atoms with Crippen molar-refractivity contribution in [1.29, 1.82) is 0 Å². The Morgan fingerprint density at radius 1 is 1.39 bits per heavy atom. The average molecular weight is 339 g/mol. The molecule has 0 N–H and O–H groups in total. The Morgan fingerprint density at radius 3 is 2.70 bits per heavy atom. The van der Waals surface area contributed by atoms with Crippen LogP contribution in [0.4, 0.5) is 0 Å². The molecule has 1 amide bonds. The number of nitrogens with zero attached hydrogens (tertiary/aromatic N) is 3. The van der Waals surface area contributed by atoms with E-state index in [0.717, 1.165) is 12.8 Å². The van der Waals surface area contributed by atoms with Crippen LogP contribution in [0, 0.1) is 5.41 Å². The standard InChI is InChI=1S/C15H21N3O4S/c1-14(2-3-14)13(19)18-8-15(9-18)10-23(20,21)12(7-22-15)6-17-5-4-16-11-17/h4-5,11-12H,2-3,6-10H2,1H3/t12-/m0/s1. The number of ether oxygens (including phenoxy) is 1. The van der Waals surface area contributed by atoms with E-state index >= 15 is 0 Å². The van der Waals surface area contributed by atoms with Gasteiger partial charge in [0.1, 0.15) is 10.9 Å². The first-order valence-electron chi connectivity index (χ1n) is 7.93. The molecule has 23 heavy (non-hydrogen) atoms. The van der Waals surface area contributed by atoms with Crippen molar-refractivity contribution in [2.24, 2.45) is 5.41 Å². The van der Waals surface area contributed by atoms with Crippen LogP contribution in [0.1, 0.15) is 19.8 Å². The molecule has 2 aliphatic heterocycles. The van der Waals surface area contributed by atoms with E-state index < -0.39 is 20.7 Å².